The Kier molecular flexibility index (Phi) is 10.9. The van der Waals surface area contributed by atoms with Crippen molar-refractivity contribution in [1.29, 1.82) is 0 Å². The van der Waals surface area contributed by atoms with Crippen LogP contribution in [0.4, 0.5) is 13.2 Å². The summed E-state index contributed by atoms with van der Waals surface area (Å²) in [5.74, 6) is -9.19. The highest BCUT2D eigenvalue weighted by Crippen LogP contribution is 2.42. The van der Waals surface area contributed by atoms with Crippen molar-refractivity contribution in [2.24, 2.45) is 5.92 Å². The first-order chi connectivity index (χ1) is 18.8. The Morgan fingerprint density at radius 1 is 0.875 bits per heavy atom. The highest BCUT2D eigenvalue weighted by molar-refractivity contribution is 7.99. The monoisotopic (exact) mass is 622 g/mol. The van der Waals surface area contributed by atoms with Crippen molar-refractivity contribution in [3.05, 3.63) is 63.4 Å². The molecule has 40 heavy (non-hydrogen) atoms. The molecule has 1 heterocycles. The molecule has 1 saturated heterocycles. The van der Waals surface area contributed by atoms with Gasteiger partial charge in [0.05, 0.1) is 10.0 Å². The van der Waals surface area contributed by atoms with Crippen LogP contribution in [0.15, 0.2) is 35.2 Å². The molecule has 0 spiro atoms. The van der Waals surface area contributed by atoms with Crippen LogP contribution in [0.2, 0.25) is 10.0 Å². The molecule has 1 fully saturated rings. The largest absolute Gasteiger partial charge is 0.463 e. The summed E-state index contributed by atoms with van der Waals surface area (Å²) >= 11 is 13.2. The van der Waals surface area contributed by atoms with E-state index in [4.69, 9.17) is 42.1 Å². The number of carbonyl (C=O) groups is 4. The van der Waals surface area contributed by atoms with Gasteiger partial charge in [-0.05, 0) is 30.3 Å². The third kappa shape index (κ3) is 8.12. The molecule has 2 unspecified atom stereocenters. The second-order valence-electron chi connectivity index (χ2n) is 8.73. The Labute approximate surface area is 241 Å². The molecular weight excluding hydrogens is 600 g/mol. The van der Waals surface area contributed by atoms with Crippen molar-refractivity contribution in [2.75, 3.05) is 6.61 Å². The van der Waals surface area contributed by atoms with Gasteiger partial charge in [-0.25, -0.2) is 13.2 Å². The zero-order chi connectivity index (χ0) is 29.7. The summed E-state index contributed by atoms with van der Waals surface area (Å²) in [7, 11) is 0. The van der Waals surface area contributed by atoms with Gasteiger partial charge in [0.25, 0.3) is 0 Å². The number of hydrogen-bond donors (Lipinski definition) is 0. The second kappa shape index (κ2) is 13.7. The van der Waals surface area contributed by atoms with Gasteiger partial charge < -0.3 is 18.9 Å². The third-order valence-corrected chi connectivity index (χ3v) is 7.59. The average Bonchev–Trinajstić information content (AvgIpc) is 2.86. The Balaban J connectivity index is 2.07. The number of Topliss-reactive ketones (excluding diaryl/α,β-unsaturated/α-hetero) is 1. The Morgan fingerprint density at radius 2 is 1.48 bits per heavy atom. The van der Waals surface area contributed by atoms with Crippen molar-refractivity contribution in [1.82, 2.24) is 0 Å². The lowest BCUT2D eigenvalue weighted by Crippen LogP contribution is -2.57. The van der Waals surface area contributed by atoms with Crippen molar-refractivity contribution in [3.8, 4) is 0 Å². The molecule has 14 heteroatoms. The molecule has 0 aromatic heterocycles. The van der Waals surface area contributed by atoms with Gasteiger partial charge in [-0.15, -0.1) is 0 Å². The molecule has 0 radical (unpaired) electrons. The van der Waals surface area contributed by atoms with Crippen LogP contribution in [-0.2, 0) is 33.3 Å². The zero-order valence-electron chi connectivity index (χ0n) is 21.3. The lowest BCUT2D eigenvalue weighted by Gasteiger charge is -2.45. The molecule has 2 aromatic carbocycles. The maximum absolute atomic E-state index is 13.9. The fraction of sp³-hybridized carbons (Fsp3) is 0.385. The fourth-order valence-corrected chi connectivity index (χ4v) is 5.63. The van der Waals surface area contributed by atoms with Gasteiger partial charge in [-0.1, -0.05) is 35.0 Å². The predicted molar refractivity (Wildman–Crippen MR) is 137 cm³/mol. The van der Waals surface area contributed by atoms with Gasteiger partial charge >= 0.3 is 17.9 Å². The van der Waals surface area contributed by atoms with E-state index in [0.29, 0.717) is 17.0 Å². The standard InChI is InChI=1S/C26H23Cl2F3O8S/c1-11(32)36-10-22-24(37-12(2)33)16(9-21(35)14-6-19(29)23(31)20(30)7-14)25(38-13(3)34)26(39-22)40-15-4-5-17(27)18(28)8-15/h4-8,16,22,24-26H,9-10H2,1-3H3/t16?,22?,24-,25+,26-/m1/s1. The van der Waals surface area contributed by atoms with E-state index >= 15 is 0 Å². The Hall–Kier alpha value is -2.80. The number of hydrogen-bond acceptors (Lipinski definition) is 9. The van der Waals surface area contributed by atoms with Gasteiger partial charge in [0.1, 0.15) is 30.4 Å². The molecule has 1 aliphatic heterocycles. The van der Waals surface area contributed by atoms with Crippen LogP contribution in [0.25, 0.3) is 0 Å². The number of ketones is 1. The van der Waals surface area contributed by atoms with E-state index in [-0.39, 0.29) is 10.0 Å². The summed E-state index contributed by atoms with van der Waals surface area (Å²) in [6.07, 6.45) is -4.32. The Morgan fingerprint density at radius 3 is 2.02 bits per heavy atom. The van der Waals surface area contributed by atoms with E-state index in [2.05, 4.69) is 0 Å². The summed E-state index contributed by atoms with van der Waals surface area (Å²) in [4.78, 5) is 49.5. The first kappa shape index (κ1) is 31.7. The summed E-state index contributed by atoms with van der Waals surface area (Å²) in [6.45, 7) is 2.93. The van der Waals surface area contributed by atoms with Gasteiger partial charge in [0.15, 0.2) is 23.2 Å². The number of halogens is 5. The van der Waals surface area contributed by atoms with E-state index in [1.54, 1.807) is 6.07 Å². The SMILES string of the molecule is CC(=O)OCC1O[C@H](Sc2ccc(Cl)c(Cl)c2)[C@@H](OC(C)=O)C(CC(=O)c2cc(F)c(F)c(F)c2)[C@H]1OC(C)=O. The van der Waals surface area contributed by atoms with Crippen LogP contribution >= 0.6 is 35.0 Å². The molecule has 0 amide bonds. The molecule has 5 atom stereocenters. The highest BCUT2D eigenvalue weighted by Gasteiger charge is 2.51. The molecule has 216 valence electrons. The van der Waals surface area contributed by atoms with Gasteiger partial charge in [0.2, 0.25) is 0 Å². The highest BCUT2D eigenvalue weighted by atomic mass is 35.5. The lowest BCUT2D eigenvalue weighted by molar-refractivity contribution is -0.214. The number of thioether (sulfide) groups is 1. The van der Waals surface area contributed by atoms with Crippen molar-refractivity contribution in [2.45, 2.75) is 55.8 Å². The molecule has 0 bridgehead atoms. The third-order valence-electron chi connectivity index (χ3n) is 5.71. The second-order valence-corrected chi connectivity index (χ2v) is 10.7. The van der Waals surface area contributed by atoms with Gasteiger partial charge in [0, 0.05) is 43.6 Å². The number of benzene rings is 2. The first-order valence-corrected chi connectivity index (χ1v) is 13.3. The molecule has 2 aromatic rings. The number of esters is 3. The summed E-state index contributed by atoms with van der Waals surface area (Å²) in [6, 6.07) is 5.70. The van der Waals surface area contributed by atoms with E-state index in [1.165, 1.54) is 12.1 Å². The molecular formula is C26H23Cl2F3O8S. The maximum atomic E-state index is 13.9. The smallest absolute Gasteiger partial charge is 0.303 e. The van der Waals surface area contributed by atoms with Crippen molar-refractivity contribution < 1.29 is 51.3 Å². The van der Waals surface area contributed by atoms with Crippen LogP contribution in [0.3, 0.4) is 0 Å². The van der Waals surface area contributed by atoms with Crippen LogP contribution in [0.1, 0.15) is 37.6 Å². The Bertz CT molecular complexity index is 1290. The fourth-order valence-electron chi connectivity index (χ4n) is 4.07. The van der Waals surface area contributed by atoms with Crippen LogP contribution in [-0.4, -0.2) is 54.0 Å². The van der Waals surface area contributed by atoms with E-state index in [9.17, 15) is 32.3 Å². The maximum Gasteiger partial charge on any atom is 0.303 e. The molecule has 0 N–H and O–H groups in total. The molecule has 0 aliphatic carbocycles. The average molecular weight is 623 g/mol. The van der Waals surface area contributed by atoms with Gasteiger partial charge in [-0.2, -0.15) is 0 Å². The van der Waals surface area contributed by atoms with E-state index in [0.717, 1.165) is 32.5 Å². The molecule has 8 nitrogen and oxygen atoms in total. The van der Waals surface area contributed by atoms with Crippen LogP contribution < -0.4 is 0 Å². The van der Waals surface area contributed by atoms with E-state index < -0.39 is 89.4 Å². The minimum Gasteiger partial charge on any atom is -0.463 e. The molecule has 3 rings (SSSR count). The van der Waals surface area contributed by atoms with E-state index in [1.807, 2.05) is 0 Å². The minimum absolute atomic E-state index is 0.216. The number of rotatable bonds is 9. The van der Waals surface area contributed by atoms with Crippen molar-refractivity contribution >= 4 is 58.7 Å². The van der Waals surface area contributed by atoms with Crippen LogP contribution in [0.5, 0.6) is 0 Å². The summed E-state index contributed by atoms with van der Waals surface area (Å²) in [5.41, 5.74) is -1.58. The minimum atomic E-state index is -1.75. The number of carbonyl (C=O) groups excluding carboxylic acids is 4. The topological polar surface area (TPSA) is 105 Å². The quantitative estimate of drug-likeness (QED) is 0.154. The summed E-state index contributed by atoms with van der Waals surface area (Å²) < 4.78 is 63.4. The number of ether oxygens (including phenoxy) is 4. The zero-order valence-corrected chi connectivity index (χ0v) is 23.6. The molecule has 1 aliphatic rings. The predicted octanol–water partition coefficient (Wildman–Crippen LogP) is 5.54. The van der Waals surface area contributed by atoms with Crippen molar-refractivity contribution in [3.63, 3.8) is 0 Å². The normalized spacial score (nSPS) is 22.4. The molecule has 0 saturated carbocycles. The first-order valence-electron chi connectivity index (χ1n) is 11.7. The summed E-state index contributed by atoms with van der Waals surface area (Å²) in [5, 5.41) is 0.491. The van der Waals surface area contributed by atoms with Crippen LogP contribution in [0, 0.1) is 23.4 Å². The van der Waals surface area contributed by atoms with Gasteiger partial charge in [-0.3, -0.25) is 19.2 Å². The lowest BCUT2D eigenvalue weighted by atomic mass is 9.84.